The van der Waals surface area contributed by atoms with Gasteiger partial charge in [-0.3, -0.25) is 10.1 Å². The van der Waals surface area contributed by atoms with Crippen LogP contribution in [0.5, 0.6) is 5.75 Å². The van der Waals surface area contributed by atoms with E-state index >= 15 is 0 Å². The van der Waals surface area contributed by atoms with Crippen LogP contribution in [0.3, 0.4) is 0 Å². The highest BCUT2D eigenvalue weighted by atomic mass is 32.2. The molecule has 0 aliphatic rings. The van der Waals surface area contributed by atoms with E-state index in [0.29, 0.717) is 5.69 Å². The van der Waals surface area contributed by atoms with E-state index in [-0.39, 0.29) is 23.1 Å². The Morgan fingerprint density at radius 1 is 1.06 bits per heavy atom. The van der Waals surface area contributed by atoms with Crippen molar-refractivity contribution in [3.05, 3.63) is 85.5 Å². The van der Waals surface area contributed by atoms with Crippen LogP contribution in [0.2, 0.25) is 0 Å². The summed E-state index contributed by atoms with van der Waals surface area (Å²) in [5, 5.41) is 5.48. The van der Waals surface area contributed by atoms with E-state index in [1.165, 1.54) is 34.7 Å². The molecule has 0 spiro atoms. The Bertz CT molecular complexity index is 1080. The van der Waals surface area contributed by atoms with Crippen LogP contribution in [0.15, 0.2) is 84.8 Å². The lowest BCUT2D eigenvalue weighted by molar-refractivity contribution is -0.115. The number of thiocarbonyl (C=S) groups is 1. The fraction of sp³-hybridized carbons (Fsp3) is 0.130. The molecule has 0 heterocycles. The quantitative estimate of drug-likeness (QED) is 0.313. The number of hydrogen-bond donors (Lipinski definition) is 2. The molecule has 2 rings (SSSR count). The van der Waals surface area contributed by atoms with E-state index in [2.05, 4.69) is 23.8 Å². The van der Waals surface area contributed by atoms with Gasteiger partial charge in [0.25, 0.3) is 0 Å². The predicted molar refractivity (Wildman–Crippen MR) is 132 cm³/mol. The van der Waals surface area contributed by atoms with Crippen molar-refractivity contribution >= 4 is 45.0 Å². The minimum Gasteiger partial charge on any atom is -0.497 e. The minimum absolute atomic E-state index is 0.0879. The Morgan fingerprint density at radius 2 is 1.66 bits per heavy atom. The lowest BCUT2D eigenvalue weighted by Crippen LogP contribution is -2.33. The largest absolute Gasteiger partial charge is 0.497 e. The van der Waals surface area contributed by atoms with E-state index < -0.39 is 15.9 Å². The molecule has 0 aliphatic heterocycles. The van der Waals surface area contributed by atoms with Crippen LogP contribution in [0.25, 0.3) is 6.08 Å². The predicted octanol–water partition coefficient (Wildman–Crippen LogP) is 3.58. The number of nitrogens with one attached hydrogen (secondary N) is 2. The van der Waals surface area contributed by atoms with Gasteiger partial charge in [-0.15, -0.1) is 13.2 Å². The number of hydrogen-bond acceptors (Lipinski definition) is 5. The first kappa shape index (κ1) is 25.0. The number of anilines is 1. The summed E-state index contributed by atoms with van der Waals surface area (Å²) in [6, 6.07) is 13.3. The van der Waals surface area contributed by atoms with Crippen LogP contribution >= 0.6 is 12.2 Å². The summed E-state index contributed by atoms with van der Waals surface area (Å²) in [7, 11) is -2.10. The number of carbonyl (C=O) groups is 1. The average molecular weight is 472 g/mol. The molecule has 2 aromatic rings. The van der Waals surface area contributed by atoms with Crippen LogP contribution in [0.1, 0.15) is 5.56 Å². The summed E-state index contributed by atoms with van der Waals surface area (Å²) < 4.78 is 31.8. The third kappa shape index (κ3) is 7.16. The maximum absolute atomic E-state index is 12.7. The molecule has 0 unspecified atom stereocenters. The van der Waals surface area contributed by atoms with Crippen molar-refractivity contribution in [1.29, 1.82) is 0 Å². The molecule has 0 radical (unpaired) electrons. The fourth-order valence-electron chi connectivity index (χ4n) is 2.62. The van der Waals surface area contributed by atoms with Gasteiger partial charge in [0.1, 0.15) is 5.75 Å². The molecule has 32 heavy (non-hydrogen) atoms. The Morgan fingerprint density at radius 3 is 2.19 bits per heavy atom. The monoisotopic (exact) mass is 471 g/mol. The van der Waals surface area contributed by atoms with E-state index in [0.717, 1.165) is 11.3 Å². The van der Waals surface area contributed by atoms with Gasteiger partial charge >= 0.3 is 0 Å². The number of nitrogens with zero attached hydrogens (tertiary/aromatic N) is 1. The van der Waals surface area contributed by atoms with Gasteiger partial charge in [-0.2, -0.15) is 4.31 Å². The van der Waals surface area contributed by atoms with Crippen molar-refractivity contribution in [2.75, 3.05) is 25.5 Å². The molecule has 2 N–H and O–H groups in total. The zero-order chi connectivity index (χ0) is 23.6. The number of amides is 1. The molecule has 0 aliphatic carbocycles. The molecular formula is C23H25N3O4S2. The summed E-state index contributed by atoms with van der Waals surface area (Å²) in [4.78, 5) is 12.2. The smallest absolute Gasteiger partial charge is 0.250 e. The normalized spacial score (nSPS) is 11.2. The van der Waals surface area contributed by atoms with Gasteiger partial charge in [0.2, 0.25) is 15.9 Å². The second-order valence-corrected chi connectivity index (χ2v) is 8.82. The van der Waals surface area contributed by atoms with Gasteiger partial charge < -0.3 is 10.1 Å². The SMILES string of the molecule is C=CCN(CC=C)S(=O)(=O)c1ccc(NC(=S)NC(=O)C=Cc2ccc(OC)cc2)cc1. The Hall–Kier alpha value is -3.27. The van der Waals surface area contributed by atoms with Crippen molar-refractivity contribution in [3.8, 4) is 5.75 Å². The number of carbonyl (C=O) groups excluding carboxylic acids is 1. The van der Waals surface area contributed by atoms with Crippen molar-refractivity contribution in [2.24, 2.45) is 0 Å². The summed E-state index contributed by atoms with van der Waals surface area (Å²) in [5.74, 6) is 0.326. The lowest BCUT2D eigenvalue weighted by atomic mass is 10.2. The minimum atomic E-state index is -3.68. The molecule has 7 nitrogen and oxygen atoms in total. The van der Waals surface area contributed by atoms with Gasteiger partial charge in [-0.05, 0) is 60.3 Å². The zero-order valence-corrected chi connectivity index (χ0v) is 19.3. The summed E-state index contributed by atoms with van der Waals surface area (Å²) in [6.07, 6.45) is 6.04. The first-order chi connectivity index (χ1) is 15.3. The third-order valence-electron chi connectivity index (χ3n) is 4.20. The van der Waals surface area contributed by atoms with E-state index in [1.54, 1.807) is 37.5 Å². The number of rotatable bonds is 10. The molecule has 0 bridgehead atoms. The molecule has 1 amide bonds. The number of methoxy groups -OCH3 is 1. The van der Waals surface area contributed by atoms with E-state index in [9.17, 15) is 13.2 Å². The zero-order valence-electron chi connectivity index (χ0n) is 17.7. The van der Waals surface area contributed by atoms with E-state index in [1.807, 2.05) is 12.1 Å². The summed E-state index contributed by atoms with van der Waals surface area (Å²) in [6.45, 7) is 7.53. The first-order valence-electron chi connectivity index (χ1n) is 9.56. The second-order valence-electron chi connectivity index (χ2n) is 6.47. The molecule has 0 fully saturated rings. The standard InChI is InChI=1S/C23H25N3O4S2/c1-4-16-26(17-5-2)32(28,29)21-13-9-19(10-14-21)24-23(31)25-22(27)15-8-18-6-11-20(30-3)12-7-18/h4-15H,1-2,16-17H2,3H3,(H2,24,25,27,31). The van der Waals surface area contributed by atoms with Crippen LogP contribution in [0, 0.1) is 0 Å². The van der Waals surface area contributed by atoms with Crippen molar-refractivity contribution in [1.82, 2.24) is 9.62 Å². The van der Waals surface area contributed by atoms with Gasteiger partial charge in [-0.25, -0.2) is 8.42 Å². The number of benzene rings is 2. The molecule has 0 saturated carbocycles. The lowest BCUT2D eigenvalue weighted by Gasteiger charge is -2.19. The molecule has 0 atom stereocenters. The average Bonchev–Trinajstić information content (AvgIpc) is 2.78. The maximum Gasteiger partial charge on any atom is 0.250 e. The molecular weight excluding hydrogens is 446 g/mol. The fourth-order valence-corrected chi connectivity index (χ4v) is 4.22. The van der Waals surface area contributed by atoms with Crippen LogP contribution in [-0.2, 0) is 14.8 Å². The third-order valence-corrected chi connectivity index (χ3v) is 6.25. The van der Waals surface area contributed by atoms with Gasteiger partial charge in [0.15, 0.2) is 5.11 Å². The van der Waals surface area contributed by atoms with Crippen LogP contribution in [-0.4, -0.2) is 43.9 Å². The van der Waals surface area contributed by atoms with Crippen molar-refractivity contribution in [2.45, 2.75) is 4.90 Å². The second kappa shape index (κ2) is 11.9. The number of sulfonamides is 1. The van der Waals surface area contributed by atoms with Crippen LogP contribution < -0.4 is 15.4 Å². The highest BCUT2D eigenvalue weighted by molar-refractivity contribution is 7.89. The highest BCUT2D eigenvalue weighted by Gasteiger charge is 2.22. The Kier molecular flexibility index (Phi) is 9.33. The van der Waals surface area contributed by atoms with Crippen molar-refractivity contribution < 1.29 is 17.9 Å². The molecule has 0 saturated heterocycles. The van der Waals surface area contributed by atoms with Gasteiger partial charge in [0.05, 0.1) is 12.0 Å². The maximum atomic E-state index is 12.7. The first-order valence-corrected chi connectivity index (χ1v) is 11.4. The summed E-state index contributed by atoms with van der Waals surface area (Å²) in [5.41, 5.74) is 1.37. The topological polar surface area (TPSA) is 87.7 Å². The Balaban J connectivity index is 1.96. The molecule has 168 valence electrons. The molecule has 9 heteroatoms. The van der Waals surface area contributed by atoms with Crippen molar-refractivity contribution in [3.63, 3.8) is 0 Å². The highest BCUT2D eigenvalue weighted by Crippen LogP contribution is 2.18. The van der Waals surface area contributed by atoms with Gasteiger partial charge in [0, 0.05) is 24.9 Å². The Labute approximate surface area is 194 Å². The van der Waals surface area contributed by atoms with Gasteiger partial charge in [-0.1, -0.05) is 24.3 Å². The summed E-state index contributed by atoms with van der Waals surface area (Å²) >= 11 is 5.15. The van der Waals surface area contributed by atoms with E-state index in [4.69, 9.17) is 17.0 Å². The van der Waals surface area contributed by atoms with Crippen LogP contribution in [0.4, 0.5) is 5.69 Å². The number of ether oxygens (including phenoxy) is 1. The molecule has 0 aromatic heterocycles. The molecule has 2 aromatic carbocycles.